The van der Waals surface area contributed by atoms with Gasteiger partial charge in [-0.25, -0.2) is 4.79 Å². The van der Waals surface area contributed by atoms with E-state index in [0.29, 0.717) is 9.47 Å². The molecular weight excluding hydrogens is 334 g/mol. The van der Waals surface area contributed by atoms with Crippen LogP contribution in [0.1, 0.15) is 12.5 Å². The van der Waals surface area contributed by atoms with Crippen molar-refractivity contribution in [1.29, 1.82) is 0 Å². The van der Waals surface area contributed by atoms with Crippen LogP contribution >= 0.6 is 23.1 Å². The van der Waals surface area contributed by atoms with E-state index in [-0.39, 0.29) is 5.91 Å². The Balaban J connectivity index is 1.95. The van der Waals surface area contributed by atoms with Crippen molar-refractivity contribution in [2.75, 3.05) is 12.4 Å². The van der Waals surface area contributed by atoms with Crippen LogP contribution < -0.4 is 16.0 Å². The largest absolute Gasteiger partial charge is 0.341 e. The Morgan fingerprint density at radius 3 is 2.70 bits per heavy atom. The summed E-state index contributed by atoms with van der Waals surface area (Å²) >= 11 is 2.61. The summed E-state index contributed by atoms with van der Waals surface area (Å²) in [6.07, 6.45) is 0. The number of urea groups is 1. The van der Waals surface area contributed by atoms with E-state index in [9.17, 15) is 9.59 Å². The van der Waals surface area contributed by atoms with Crippen molar-refractivity contribution in [3.63, 3.8) is 0 Å². The van der Waals surface area contributed by atoms with Gasteiger partial charge in [0.15, 0.2) is 4.34 Å². The molecule has 0 fully saturated rings. The fourth-order valence-electron chi connectivity index (χ4n) is 1.62. The molecule has 0 unspecified atom stereocenters. The van der Waals surface area contributed by atoms with Crippen LogP contribution in [-0.2, 0) is 4.79 Å². The first-order chi connectivity index (χ1) is 11.0. The minimum atomic E-state index is -0.526. The van der Waals surface area contributed by atoms with Crippen LogP contribution in [0.4, 0.5) is 15.6 Å². The number of aromatic nitrogens is 2. The summed E-state index contributed by atoms with van der Waals surface area (Å²) in [4.78, 5) is 22.9. The number of carbonyl (C=O) groups excluding carboxylic acids is 2. The molecule has 1 atom stereocenters. The van der Waals surface area contributed by atoms with Crippen LogP contribution in [0.2, 0.25) is 0 Å². The predicted molar refractivity (Wildman–Crippen MR) is 92.3 cm³/mol. The molecule has 0 aliphatic rings. The number of benzene rings is 1. The van der Waals surface area contributed by atoms with Crippen LogP contribution in [0.15, 0.2) is 28.6 Å². The van der Waals surface area contributed by atoms with Gasteiger partial charge in [0, 0.05) is 12.7 Å². The maximum absolute atomic E-state index is 11.8. The van der Waals surface area contributed by atoms with Crippen LogP contribution in [0, 0.1) is 6.92 Å². The minimum Gasteiger partial charge on any atom is -0.341 e. The van der Waals surface area contributed by atoms with Gasteiger partial charge in [-0.1, -0.05) is 41.3 Å². The number of para-hydroxylation sites is 1. The fraction of sp³-hybridized carbons (Fsp3) is 0.286. The van der Waals surface area contributed by atoms with Gasteiger partial charge in [0.1, 0.15) is 0 Å². The van der Waals surface area contributed by atoms with Crippen molar-refractivity contribution in [1.82, 2.24) is 20.8 Å². The quantitative estimate of drug-likeness (QED) is 0.717. The fourth-order valence-corrected chi connectivity index (χ4v) is 3.53. The molecule has 0 radical (unpaired) electrons. The second kappa shape index (κ2) is 7.93. The number of imide groups is 1. The average Bonchev–Trinajstić information content (AvgIpc) is 2.96. The molecule has 3 N–H and O–H groups in total. The maximum Gasteiger partial charge on any atom is 0.321 e. The molecule has 0 saturated carbocycles. The lowest BCUT2D eigenvalue weighted by atomic mass is 10.2. The van der Waals surface area contributed by atoms with E-state index in [2.05, 4.69) is 26.1 Å². The second-order valence-corrected chi connectivity index (χ2v) is 7.21. The van der Waals surface area contributed by atoms with Crippen LogP contribution in [-0.4, -0.2) is 34.4 Å². The Kier molecular flexibility index (Phi) is 5.94. The molecule has 1 aromatic heterocycles. The van der Waals surface area contributed by atoms with Gasteiger partial charge in [-0.2, -0.15) is 0 Å². The summed E-state index contributed by atoms with van der Waals surface area (Å²) in [6.45, 7) is 3.71. The van der Waals surface area contributed by atoms with E-state index in [1.807, 2.05) is 31.2 Å². The summed E-state index contributed by atoms with van der Waals surface area (Å²) in [5.74, 6) is -0.377. The highest BCUT2D eigenvalue weighted by Gasteiger charge is 2.18. The Labute approximate surface area is 142 Å². The van der Waals surface area contributed by atoms with Crippen molar-refractivity contribution in [3.05, 3.63) is 29.8 Å². The summed E-state index contributed by atoms with van der Waals surface area (Å²) in [7, 11) is 1.45. The molecule has 122 valence electrons. The smallest absolute Gasteiger partial charge is 0.321 e. The number of nitrogens with zero attached hydrogens (tertiary/aromatic N) is 2. The zero-order valence-electron chi connectivity index (χ0n) is 12.9. The molecule has 0 spiro atoms. The monoisotopic (exact) mass is 351 g/mol. The van der Waals surface area contributed by atoms with E-state index >= 15 is 0 Å². The first-order valence-corrected chi connectivity index (χ1v) is 8.54. The number of amides is 3. The standard InChI is InChI=1S/C14H17N5O2S2/c1-8-6-4-5-7-10(8)16-13-18-19-14(23-13)22-9(2)11(20)17-12(21)15-3/h4-7,9H,1-3H3,(H,16,18)(H2,15,17,20,21)/t9-/m1/s1. The Morgan fingerprint density at radius 1 is 1.26 bits per heavy atom. The highest BCUT2D eigenvalue weighted by atomic mass is 32.2. The Morgan fingerprint density at radius 2 is 2.00 bits per heavy atom. The summed E-state index contributed by atoms with van der Waals surface area (Å²) in [5.41, 5.74) is 2.07. The lowest BCUT2D eigenvalue weighted by Gasteiger charge is -2.08. The number of anilines is 2. The molecule has 1 aromatic carbocycles. The van der Waals surface area contributed by atoms with E-state index in [4.69, 9.17) is 0 Å². The zero-order valence-corrected chi connectivity index (χ0v) is 14.5. The molecule has 0 aliphatic carbocycles. The van der Waals surface area contributed by atoms with Gasteiger partial charge in [0.25, 0.3) is 0 Å². The van der Waals surface area contributed by atoms with Gasteiger partial charge >= 0.3 is 6.03 Å². The highest BCUT2D eigenvalue weighted by molar-refractivity contribution is 8.02. The van der Waals surface area contributed by atoms with Gasteiger partial charge in [-0.15, -0.1) is 10.2 Å². The SMILES string of the molecule is CNC(=O)NC(=O)[C@@H](C)Sc1nnc(Nc2ccccc2C)s1. The van der Waals surface area contributed by atoms with Gasteiger partial charge in [-0.3, -0.25) is 10.1 Å². The van der Waals surface area contributed by atoms with E-state index < -0.39 is 11.3 Å². The highest BCUT2D eigenvalue weighted by Crippen LogP contribution is 2.31. The van der Waals surface area contributed by atoms with Crippen molar-refractivity contribution >= 4 is 45.9 Å². The normalized spacial score (nSPS) is 11.6. The molecule has 0 aliphatic heterocycles. The number of aryl methyl sites for hydroxylation is 1. The number of hydrogen-bond donors (Lipinski definition) is 3. The summed E-state index contributed by atoms with van der Waals surface area (Å²) in [6, 6.07) is 7.35. The number of hydrogen-bond acceptors (Lipinski definition) is 7. The van der Waals surface area contributed by atoms with Gasteiger partial charge in [0.05, 0.1) is 5.25 Å². The van der Waals surface area contributed by atoms with Gasteiger partial charge < -0.3 is 10.6 Å². The lowest BCUT2D eigenvalue weighted by Crippen LogP contribution is -2.41. The summed E-state index contributed by atoms with van der Waals surface area (Å²) in [5, 5.41) is 16.1. The number of nitrogens with one attached hydrogen (secondary N) is 3. The third kappa shape index (κ3) is 4.93. The predicted octanol–water partition coefficient (Wildman–Crippen LogP) is 2.53. The van der Waals surface area contributed by atoms with Crippen LogP contribution in [0.5, 0.6) is 0 Å². The Hall–Kier alpha value is -2.13. The van der Waals surface area contributed by atoms with Crippen molar-refractivity contribution in [2.45, 2.75) is 23.4 Å². The molecule has 2 aromatic rings. The molecule has 0 saturated heterocycles. The Bertz CT molecular complexity index is 704. The molecule has 23 heavy (non-hydrogen) atoms. The first kappa shape index (κ1) is 17.2. The van der Waals surface area contributed by atoms with E-state index in [0.717, 1.165) is 11.3 Å². The van der Waals surface area contributed by atoms with E-state index in [1.54, 1.807) is 6.92 Å². The molecule has 1 heterocycles. The third-order valence-corrected chi connectivity index (χ3v) is 4.93. The molecule has 2 rings (SSSR count). The third-order valence-electron chi connectivity index (χ3n) is 2.90. The van der Waals surface area contributed by atoms with Crippen LogP contribution in [0.3, 0.4) is 0 Å². The van der Waals surface area contributed by atoms with Crippen molar-refractivity contribution in [2.24, 2.45) is 0 Å². The maximum atomic E-state index is 11.8. The van der Waals surface area contributed by atoms with Gasteiger partial charge in [0.2, 0.25) is 11.0 Å². The molecule has 7 nitrogen and oxygen atoms in total. The van der Waals surface area contributed by atoms with Crippen molar-refractivity contribution < 1.29 is 9.59 Å². The summed E-state index contributed by atoms with van der Waals surface area (Å²) < 4.78 is 0.653. The number of thioether (sulfide) groups is 1. The van der Waals surface area contributed by atoms with Gasteiger partial charge in [-0.05, 0) is 25.5 Å². The average molecular weight is 351 g/mol. The molecule has 9 heteroatoms. The van der Waals surface area contributed by atoms with Crippen molar-refractivity contribution in [3.8, 4) is 0 Å². The molecular formula is C14H17N5O2S2. The van der Waals surface area contributed by atoms with E-state index in [1.165, 1.54) is 30.1 Å². The lowest BCUT2D eigenvalue weighted by molar-refractivity contribution is -0.119. The molecule has 3 amide bonds. The number of carbonyl (C=O) groups is 2. The molecule has 0 bridgehead atoms. The first-order valence-electron chi connectivity index (χ1n) is 6.85. The topological polar surface area (TPSA) is 96.0 Å². The number of rotatable bonds is 5. The minimum absolute atomic E-state index is 0.377. The van der Waals surface area contributed by atoms with Crippen LogP contribution in [0.25, 0.3) is 0 Å². The second-order valence-electron chi connectivity index (χ2n) is 4.64. The zero-order chi connectivity index (χ0) is 16.8.